The highest BCUT2D eigenvalue weighted by Crippen LogP contribution is 2.44. The maximum absolute atomic E-state index is 16.3. The van der Waals surface area contributed by atoms with E-state index in [0.717, 1.165) is 30.7 Å². The number of aromatic nitrogens is 2. The zero-order valence-corrected chi connectivity index (χ0v) is 28.0. The number of thiophene rings is 1. The summed E-state index contributed by atoms with van der Waals surface area (Å²) in [6.45, 7) is 5.72. The third kappa shape index (κ3) is 5.53. The van der Waals surface area contributed by atoms with Crippen molar-refractivity contribution in [1.82, 2.24) is 19.8 Å². The van der Waals surface area contributed by atoms with E-state index in [1.54, 1.807) is 18.1 Å². The fourth-order valence-corrected chi connectivity index (χ4v) is 8.98. The largest absolute Gasteiger partial charge is 0.461 e. The molecule has 3 aliphatic heterocycles. The van der Waals surface area contributed by atoms with E-state index < -0.39 is 23.3 Å². The number of halogens is 3. The molecule has 3 aliphatic rings. The molecule has 2 N–H and O–H groups in total. The van der Waals surface area contributed by atoms with Gasteiger partial charge in [0.2, 0.25) is 5.91 Å². The molecule has 7 rings (SSSR count). The van der Waals surface area contributed by atoms with Crippen LogP contribution in [0.2, 0.25) is 0 Å². The average molecular weight is 692 g/mol. The van der Waals surface area contributed by atoms with E-state index >= 15 is 4.39 Å². The van der Waals surface area contributed by atoms with Crippen LogP contribution in [-0.2, 0) is 9.53 Å². The monoisotopic (exact) mass is 691 g/mol. The number of ether oxygens (including phenoxy) is 2. The van der Waals surface area contributed by atoms with Crippen molar-refractivity contribution in [1.29, 1.82) is 5.26 Å². The molecule has 0 radical (unpaired) electrons. The van der Waals surface area contributed by atoms with Gasteiger partial charge in [-0.3, -0.25) is 9.69 Å². The van der Waals surface area contributed by atoms with Crippen LogP contribution in [-0.4, -0.2) is 96.5 Å². The van der Waals surface area contributed by atoms with E-state index in [4.69, 9.17) is 25.2 Å². The molecule has 49 heavy (non-hydrogen) atoms. The maximum Gasteiger partial charge on any atom is 0.319 e. The summed E-state index contributed by atoms with van der Waals surface area (Å²) in [5, 5.41) is 10.6. The molecule has 1 amide bonds. The highest BCUT2D eigenvalue weighted by atomic mass is 32.1. The molecule has 2 aromatic heterocycles. The number of hydrogen-bond acceptors (Lipinski definition) is 10. The highest BCUT2D eigenvalue weighted by Gasteiger charge is 2.49. The number of benzene rings is 2. The number of carbonyl (C=O) groups is 1. The van der Waals surface area contributed by atoms with Crippen LogP contribution in [0.15, 0.2) is 36.9 Å². The van der Waals surface area contributed by atoms with Crippen LogP contribution in [0, 0.1) is 23.0 Å². The molecule has 4 aromatic rings. The van der Waals surface area contributed by atoms with Crippen LogP contribution in [0.25, 0.3) is 32.1 Å². The number of carbonyl (C=O) groups excluding carboxylic acids is 1. The van der Waals surface area contributed by atoms with Gasteiger partial charge in [-0.05, 0) is 55.6 Å². The summed E-state index contributed by atoms with van der Waals surface area (Å²) >= 11 is 0.935. The fraction of sp³-hybridized carbons (Fsp3) is 0.429. The van der Waals surface area contributed by atoms with Crippen LogP contribution in [0.1, 0.15) is 31.2 Å². The van der Waals surface area contributed by atoms with Crippen molar-refractivity contribution in [2.45, 2.75) is 49.5 Å². The second-order valence-electron chi connectivity index (χ2n) is 13.0. The molecule has 3 saturated heterocycles. The Balaban J connectivity index is 1.36. The van der Waals surface area contributed by atoms with Gasteiger partial charge in [-0.1, -0.05) is 12.6 Å². The Labute approximate surface area is 285 Å². The van der Waals surface area contributed by atoms with Gasteiger partial charge in [0.05, 0.1) is 40.0 Å². The summed E-state index contributed by atoms with van der Waals surface area (Å²) in [5.41, 5.74) is 6.43. The minimum Gasteiger partial charge on any atom is -0.461 e. The minimum atomic E-state index is -0.938. The molecule has 5 heterocycles. The van der Waals surface area contributed by atoms with Gasteiger partial charge in [0, 0.05) is 50.0 Å². The smallest absolute Gasteiger partial charge is 0.319 e. The number of rotatable bonds is 9. The number of anilines is 2. The van der Waals surface area contributed by atoms with Crippen LogP contribution in [0.5, 0.6) is 6.01 Å². The first-order chi connectivity index (χ1) is 23.6. The number of nitrogens with two attached hydrogens (primary N) is 1. The first kappa shape index (κ1) is 33.1. The summed E-state index contributed by atoms with van der Waals surface area (Å²) in [6, 6.07) is 7.01. The number of nitrogens with zero attached hydrogens (tertiary/aromatic N) is 6. The lowest BCUT2D eigenvalue weighted by Crippen LogP contribution is -2.48. The minimum absolute atomic E-state index is 0.0394. The molecule has 2 aromatic carbocycles. The van der Waals surface area contributed by atoms with E-state index in [0.29, 0.717) is 48.2 Å². The van der Waals surface area contributed by atoms with Crippen LogP contribution in [0.3, 0.4) is 0 Å². The van der Waals surface area contributed by atoms with E-state index in [2.05, 4.69) is 11.5 Å². The van der Waals surface area contributed by atoms with Crippen molar-refractivity contribution in [3.05, 3.63) is 54.1 Å². The zero-order chi connectivity index (χ0) is 34.6. The van der Waals surface area contributed by atoms with Gasteiger partial charge in [0.15, 0.2) is 0 Å². The molecule has 10 nitrogen and oxygen atoms in total. The quantitative estimate of drug-likeness (QED) is 0.229. The molecular formula is C35H36F3N7O3S. The van der Waals surface area contributed by atoms with Crippen molar-refractivity contribution >= 4 is 49.1 Å². The zero-order valence-electron chi connectivity index (χ0n) is 27.2. The normalized spacial score (nSPS) is 23.7. The SMILES string of the molecule is C=CC(=O)N1CCC(N(C)c2nc(OCC34CCCN3CC(F)C4)nc3cc(-c4ccc(F)c5sc(N)c(C#N)c45)c(F)cc23)C1COC. The second-order valence-corrected chi connectivity index (χ2v) is 14.1. The first-order valence-electron chi connectivity index (χ1n) is 16.2. The molecule has 256 valence electrons. The fourth-order valence-electron chi connectivity index (χ4n) is 8.03. The van der Waals surface area contributed by atoms with Crippen molar-refractivity contribution in [3.63, 3.8) is 0 Å². The van der Waals surface area contributed by atoms with E-state index in [-0.39, 0.29) is 63.4 Å². The Hall–Kier alpha value is -4.45. The lowest BCUT2D eigenvalue weighted by molar-refractivity contribution is -0.127. The standard InChI is InChI=1S/C35H36F3N7O3S/c1-4-29(46)45-11-8-27(28(45)17-47-3)43(2)33-22-12-25(38)21(20-6-7-24(37)31-30(20)23(15-39)32(40)49-31)13-26(22)41-34(42-33)48-18-35-9-5-10-44(35)16-19(36)14-35/h4,6-7,12-13,19,27-28H,1,5,8-11,14,16-18,40H2,2-3H3. The predicted molar refractivity (Wildman–Crippen MR) is 182 cm³/mol. The number of nitrogen functional groups attached to an aromatic ring is 1. The van der Waals surface area contributed by atoms with Crippen molar-refractivity contribution in [2.75, 3.05) is 57.6 Å². The summed E-state index contributed by atoms with van der Waals surface area (Å²) in [5.74, 6) is -1.04. The number of fused-ring (bicyclic) bond motifs is 3. The van der Waals surface area contributed by atoms with Gasteiger partial charge in [-0.25, -0.2) is 13.2 Å². The predicted octanol–water partition coefficient (Wildman–Crippen LogP) is 5.44. The number of likely N-dealkylation sites (N-methyl/N-ethyl adjacent to an activating group) is 1. The second kappa shape index (κ2) is 12.8. The van der Waals surface area contributed by atoms with Gasteiger partial charge in [-0.15, -0.1) is 11.3 Å². The van der Waals surface area contributed by atoms with E-state index in [1.807, 2.05) is 18.0 Å². The number of methoxy groups -OCH3 is 1. The molecule has 0 aliphatic carbocycles. The van der Waals surface area contributed by atoms with Crippen molar-refractivity contribution in [3.8, 4) is 23.2 Å². The maximum atomic E-state index is 16.3. The topological polar surface area (TPSA) is 121 Å². The van der Waals surface area contributed by atoms with Crippen molar-refractivity contribution in [2.24, 2.45) is 0 Å². The Morgan fingerprint density at radius 2 is 2.08 bits per heavy atom. The Bertz CT molecular complexity index is 2020. The summed E-state index contributed by atoms with van der Waals surface area (Å²) in [7, 11) is 3.39. The number of hydrogen-bond donors (Lipinski definition) is 1. The lowest BCUT2D eigenvalue weighted by Gasteiger charge is -2.34. The van der Waals surface area contributed by atoms with Crippen LogP contribution in [0.4, 0.5) is 24.0 Å². The number of nitriles is 1. The third-order valence-corrected chi connectivity index (χ3v) is 11.4. The molecule has 0 bridgehead atoms. The summed E-state index contributed by atoms with van der Waals surface area (Å²) < 4.78 is 57.7. The Morgan fingerprint density at radius 1 is 1.27 bits per heavy atom. The molecule has 3 fully saturated rings. The van der Waals surface area contributed by atoms with Gasteiger partial charge in [0.1, 0.15) is 41.3 Å². The third-order valence-electron chi connectivity index (χ3n) is 10.3. The van der Waals surface area contributed by atoms with Crippen molar-refractivity contribution < 1.29 is 27.4 Å². The van der Waals surface area contributed by atoms with Crippen LogP contribution >= 0.6 is 11.3 Å². The number of amides is 1. The summed E-state index contributed by atoms with van der Waals surface area (Å²) in [6.07, 6.45) is 3.03. The highest BCUT2D eigenvalue weighted by molar-refractivity contribution is 7.23. The molecule has 4 unspecified atom stereocenters. The lowest BCUT2D eigenvalue weighted by atomic mass is 9.95. The molecule has 0 saturated carbocycles. The van der Waals surface area contributed by atoms with E-state index in [1.165, 1.54) is 24.3 Å². The molecule has 4 atom stereocenters. The van der Waals surface area contributed by atoms with Gasteiger partial charge < -0.3 is 25.0 Å². The molecule has 0 spiro atoms. The van der Waals surface area contributed by atoms with Gasteiger partial charge >= 0.3 is 6.01 Å². The van der Waals surface area contributed by atoms with Gasteiger partial charge in [0.25, 0.3) is 0 Å². The Kier molecular flexibility index (Phi) is 8.62. The Morgan fingerprint density at radius 3 is 2.84 bits per heavy atom. The van der Waals surface area contributed by atoms with Crippen LogP contribution < -0.4 is 15.4 Å². The van der Waals surface area contributed by atoms with E-state index in [9.17, 15) is 18.8 Å². The van der Waals surface area contributed by atoms with Gasteiger partial charge in [-0.2, -0.15) is 15.2 Å². The average Bonchev–Trinajstić information content (AvgIpc) is 3.84. The number of likely N-dealkylation sites (tertiary alicyclic amines) is 1. The first-order valence-corrected chi connectivity index (χ1v) is 17.0. The molecule has 14 heteroatoms. The molecular weight excluding hydrogens is 655 g/mol. The summed E-state index contributed by atoms with van der Waals surface area (Å²) in [4.78, 5) is 28.0. The number of alkyl halides is 1.